The highest BCUT2D eigenvalue weighted by molar-refractivity contribution is 5.79. The quantitative estimate of drug-likeness (QED) is 0.829. The molecule has 1 aliphatic rings. The molecule has 5 nitrogen and oxygen atoms in total. The van der Waals surface area contributed by atoms with E-state index in [1.807, 2.05) is 6.20 Å². The maximum absolute atomic E-state index is 12.2. The predicted molar refractivity (Wildman–Crippen MR) is 78.8 cm³/mol. The Balaban J connectivity index is 1.89. The highest BCUT2D eigenvalue weighted by Gasteiger charge is 2.31. The Morgan fingerprint density at radius 3 is 3.05 bits per heavy atom. The van der Waals surface area contributed by atoms with Crippen LogP contribution in [0.25, 0.3) is 0 Å². The van der Waals surface area contributed by atoms with Gasteiger partial charge in [0.1, 0.15) is 5.82 Å². The summed E-state index contributed by atoms with van der Waals surface area (Å²) < 4.78 is 2.11. The number of nitrogens with one attached hydrogen (secondary N) is 1. The average molecular weight is 278 g/mol. The van der Waals surface area contributed by atoms with E-state index >= 15 is 0 Å². The Morgan fingerprint density at radius 2 is 2.35 bits per heavy atom. The van der Waals surface area contributed by atoms with E-state index in [-0.39, 0.29) is 11.8 Å². The molecule has 1 fully saturated rings. The number of amides is 1. The number of aromatic nitrogens is 2. The Labute approximate surface area is 120 Å². The summed E-state index contributed by atoms with van der Waals surface area (Å²) in [5.41, 5.74) is 5.74. The van der Waals surface area contributed by atoms with Gasteiger partial charge in [-0.1, -0.05) is 20.3 Å². The molecule has 0 aliphatic heterocycles. The normalized spacial score (nSPS) is 22.4. The molecule has 0 bridgehead atoms. The molecule has 0 radical (unpaired) electrons. The number of hydrogen-bond donors (Lipinski definition) is 2. The highest BCUT2D eigenvalue weighted by Crippen LogP contribution is 2.30. The molecule has 1 aromatic rings. The first-order chi connectivity index (χ1) is 9.61. The van der Waals surface area contributed by atoms with Crippen LogP contribution in [0.5, 0.6) is 0 Å². The van der Waals surface area contributed by atoms with Gasteiger partial charge in [0.2, 0.25) is 5.91 Å². The molecule has 1 amide bonds. The van der Waals surface area contributed by atoms with Crippen molar-refractivity contribution in [3.8, 4) is 0 Å². The van der Waals surface area contributed by atoms with Gasteiger partial charge >= 0.3 is 0 Å². The van der Waals surface area contributed by atoms with Crippen molar-refractivity contribution in [2.45, 2.75) is 46.2 Å². The van der Waals surface area contributed by atoms with Crippen molar-refractivity contribution >= 4 is 5.91 Å². The summed E-state index contributed by atoms with van der Waals surface area (Å²) >= 11 is 0. The van der Waals surface area contributed by atoms with Crippen LogP contribution in [0.2, 0.25) is 0 Å². The zero-order chi connectivity index (χ0) is 14.5. The monoisotopic (exact) mass is 278 g/mol. The molecule has 2 rings (SSSR count). The number of carbonyl (C=O) groups excluding carboxylic acids is 1. The fourth-order valence-corrected chi connectivity index (χ4v) is 3.03. The number of imidazole rings is 1. The second kappa shape index (κ2) is 6.88. The van der Waals surface area contributed by atoms with Gasteiger partial charge in [0, 0.05) is 24.9 Å². The average Bonchev–Trinajstić information content (AvgIpc) is 3.03. The Hall–Kier alpha value is -1.36. The first-order valence-electron chi connectivity index (χ1n) is 7.59. The van der Waals surface area contributed by atoms with Gasteiger partial charge < -0.3 is 15.6 Å². The molecule has 5 heteroatoms. The number of rotatable bonds is 6. The van der Waals surface area contributed by atoms with Crippen LogP contribution in [-0.4, -0.2) is 22.0 Å². The minimum Gasteiger partial charge on any atom is -0.349 e. The SMILES string of the molecule is CC(C)Cn1ccnc1CNC(=O)[C@@H]1CCC[C@@H]1CN. The third-order valence-electron chi connectivity index (χ3n) is 4.08. The third kappa shape index (κ3) is 3.60. The molecular formula is C15H26N4O. The fraction of sp³-hybridized carbons (Fsp3) is 0.733. The topological polar surface area (TPSA) is 72.9 Å². The second-order valence-electron chi connectivity index (χ2n) is 6.14. The summed E-state index contributed by atoms with van der Waals surface area (Å²) in [6.45, 7) is 6.39. The van der Waals surface area contributed by atoms with Gasteiger partial charge in [0.25, 0.3) is 0 Å². The standard InChI is InChI=1S/C15H26N4O/c1-11(2)10-19-7-6-17-14(19)9-18-15(20)13-5-3-4-12(13)8-16/h6-7,11-13H,3-5,8-10,16H2,1-2H3,(H,18,20)/t12-,13-/m1/s1. The maximum Gasteiger partial charge on any atom is 0.223 e. The molecule has 1 aliphatic carbocycles. The van der Waals surface area contributed by atoms with Crippen LogP contribution in [0.1, 0.15) is 38.9 Å². The largest absolute Gasteiger partial charge is 0.349 e. The van der Waals surface area contributed by atoms with E-state index in [2.05, 4.69) is 28.7 Å². The van der Waals surface area contributed by atoms with E-state index in [0.717, 1.165) is 31.6 Å². The van der Waals surface area contributed by atoms with Crippen LogP contribution >= 0.6 is 0 Å². The molecular weight excluding hydrogens is 252 g/mol. The van der Waals surface area contributed by atoms with E-state index in [1.165, 1.54) is 0 Å². The van der Waals surface area contributed by atoms with Crippen LogP contribution in [0.15, 0.2) is 12.4 Å². The first-order valence-corrected chi connectivity index (χ1v) is 7.59. The number of carbonyl (C=O) groups is 1. The van der Waals surface area contributed by atoms with E-state index < -0.39 is 0 Å². The van der Waals surface area contributed by atoms with E-state index in [1.54, 1.807) is 6.20 Å². The summed E-state index contributed by atoms with van der Waals surface area (Å²) in [6, 6.07) is 0. The van der Waals surface area contributed by atoms with Crippen molar-refractivity contribution in [2.24, 2.45) is 23.5 Å². The van der Waals surface area contributed by atoms with Crippen molar-refractivity contribution in [1.82, 2.24) is 14.9 Å². The minimum atomic E-state index is 0.0912. The molecule has 1 heterocycles. The predicted octanol–water partition coefficient (Wildman–Crippen LogP) is 1.53. The first kappa shape index (κ1) is 15.0. The van der Waals surface area contributed by atoms with Crippen LogP contribution in [0, 0.1) is 17.8 Å². The molecule has 3 N–H and O–H groups in total. The lowest BCUT2D eigenvalue weighted by atomic mass is 9.95. The molecule has 20 heavy (non-hydrogen) atoms. The maximum atomic E-state index is 12.2. The Kier molecular flexibility index (Phi) is 5.17. The highest BCUT2D eigenvalue weighted by atomic mass is 16.1. The van der Waals surface area contributed by atoms with Gasteiger partial charge in [0.05, 0.1) is 6.54 Å². The van der Waals surface area contributed by atoms with Crippen molar-refractivity contribution in [3.63, 3.8) is 0 Å². The van der Waals surface area contributed by atoms with Gasteiger partial charge in [-0.2, -0.15) is 0 Å². The van der Waals surface area contributed by atoms with Crippen molar-refractivity contribution in [2.75, 3.05) is 6.54 Å². The van der Waals surface area contributed by atoms with Crippen molar-refractivity contribution in [3.05, 3.63) is 18.2 Å². The minimum absolute atomic E-state index is 0.0912. The number of hydrogen-bond acceptors (Lipinski definition) is 3. The Morgan fingerprint density at radius 1 is 1.55 bits per heavy atom. The molecule has 112 valence electrons. The fourth-order valence-electron chi connectivity index (χ4n) is 3.03. The smallest absolute Gasteiger partial charge is 0.223 e. The van der Waals surface area contributed by atoms with E-state index in [4.69, 9.17) is 5.73 Å². The van der Waals surface area contributed by atoms with Gasteiger partial charge in [-0.25, -0.2) is 4.98 Å². The van der Waals surface area contributed by atoms with Crippen molar-refractivity contribution in [1.29, 1.82) is 0 Å². The number of nitrogens with two attached hydrogens (primary N) is 1. The summed E-state index contributed by atoms with van der Waals surface area (Å²) in [6.07, 6.45) is 6.93. The van der Waals surface area contributed by atoms with Gasteiger partial charge in [0.15, 0.2) is 0 Å². The Bertz CT molecular complexity index is 441. The molecule has 0 aromatic carbocycles. The van der Waals surface area contributed by atoms with Crippen LogP contribution in [0.4, 0.5) is 0 Å². The lowest BCUT2D eigenvalue weighted by Gasteiger charge is -2.17. The zero-order valence-corrected chi connectivity index (χ0v) is 12.5. The van der Waals surface area contributed by atoms with Crippen LogP contribution in [0.3, 0.4) is 0 Å². The van der Waals surface area contributed by atoms with Gasteiger partial charge in [-0.3, -0.25) is 4.79 Å². The summed E-state index contributed by atoms with van der Waals surface area (Å²) in [5.74, 6) is 2.07. The van der Waals surface area contributed by atoms with Gasteiger partial charge in [-0.15, -0.1) is 0 Å². The van der Waals surface area contributed by atoms with Crippen LogP contribution < -0.4 is 11.1 Å². The summed E-state index contributed by atoms with van der Waals surface area (Å²) in [7, 11) is 0. The second-order valence-corrected chi connectivity index (χ2v) is 6.14. The van der Waals surface area contributed by atoms with E-state index in [9.17, 15) is 4.79 Å². The lowest BCUT2D eigenvalue weighted by Crippen LogP contribution is -2.35. The molecule has 0 unspecified atom stereocenters. The summed E-state index contributed by atoms with van der Waals surface area (Å²) in [5, 5.41) is 3.03. The molecule has 1 aromatic heterocycles. The molecule has 2 atom stereocenters. The molecule has 1 saturated carbocycles. The van der Waals surface area contributed by atoms with Gasteiger partial charge in [-0.05, 0) is 31.2 Å². The summed E-state index contributed by atoms with van der Waals surface area (Å²) in [4.78, 5) is 16.6. The molecule has 0 spiro atoms. The third-order valence-corrected chi connectivity index (χ3v) is 4.08. The number of nitrogens with zero attached hydrogens (tertiary/aromatic N) is 2. The van der Waals surface area contributed by atoms with Crippen molar-refractivity contribution < 1.29 is 4.79 Å². The van der Waals surface area contributed by atoms with Crippen LogP contribution in [-0.2, 0) is 17.9 Å². The zero-order valence-electron chi connectivity index (χ0n) is 12.5. The lowest BCUT2D eigenvalue weighted by molar-refractivity contribution is -0.126. The molecule has 0 saturated heterocycles. The van der Waals surface area contributed by atoms with E-state index in [0.29, 0.717) is 24.9 Å².